The molecule has 0 N–H and O–H groups in total. The third kappa shape index (κ3) is 3.31. The van der Waals surface area contributed by atoms with Crippen LogP contribution in [0.3, 0.4) is 0 Å². The second-order valence-corrected chi connectivity index (χ2v) is 5.90. The third-order valence-electron chi connectivity index (χ3n) is 3.50. The molecule has 2 aromatic carbocycles. The van der Waals surface area contributed by atoms with Crippen LogP contribution in [0.4, 0.5) is 0 Å². The maximum Gasteiger partial charge on any atom is 0.193 e. The van der Waals surface area contributed by atoms with Crippen LogP contribution in [-0.4, -0.2) is 5.78 Å². The van der Waals surface area contributed by atoms with Gasteiger partial charge in [-0.1, -0.05) is 64.5 Å². The molecular formula is C19H15BrNO+. The molecule has 0 amide bonds. The van der Waals surface area contributed by atoms with E-state index in [0.717, 1.165) is 11.0 Å². The Kier molecular flexibility index (Phi) is 4.45. The lowest BCUT2D eigenvalue weighted by molar-refractivity contribution is -0.688. The van der Waals surface area contributed by atoms with E-state index in [1.165, 1.54) is 5.56 Å². The van der Waals surface area contributed by atoms with Gasteiger partial charge >= 0.3 is 0 Å². The van der Waals surface area contributed by atoms with E-state index in [2.05, 4.69) is 26.6 Å². The zero-order chi connectivity index (χ0) is 15.4. The summed E-state index contributed by atoms with van der Waals surface area (Å²) in [5, 5.41) is 0. The van der Waals surface area contributed by atoms with E-state index in [-0.39, 0.29) is 5.78 Å². The molecule has 0 aliphatic heterocycles. The molecule has 3 heteroatoms. The number of carbonyl (C=O) groups excluding carboxylic acids is 1. The predicted molar refractivity (Wildman–Crippen MR) is 89.8 cm³/mol. The number of hydrogen-bond donors (Lipinski definition) is 0. The lowest BCUT2D eigenvalue weighted by atomic mass is 10.0. The summed E-state index contributed by atoms with van der Waals surface area (Å²) in [5.74, 6) is 0.0497. The minimum atomic E-state index is 0.0497. The molecule has 0 saturated carbocycles. The van der Waals surface area contributed by atoms with Crippen molar-refractivity contribution in [1.82, 2.24) is 0 Å². The van der Waals surface area contributed by atoms with Crippen LogP contribution in [0.25, 0.3) is 0 Å². The first-order valence-electron chi connectivity index (χ1n) is 7.06. The number of benzene rings is 2. The van der Waals surface area contributed by atoms with Gasteiger partial charge in [0.1, 0.15) is 0 Å². The van der Waals surface area contributed by atoms with Crippen molar-refractivity contribution in [2.75, 3.05) is 0 Å². The standard InChI is InChI=1S/C19H15BrNO/c20-18-9-5-4-8-17(18)14-21-12-10-16(11-13-21)19(22)15-6-2-1-3-7-15/h1-13H,14H2/q+1. The normalized spacial score (nSPS) is 10.4. The van der Waals surface area contributed by atoms with Gasteiger partial charge in [-0.25, -0.2) is 4.57 Å². The van der Waals surface area contributed by atoms with Gasteiger partial charge in [-0.3, -0.25) is 4.79 Å². The summed E-state index contributed by atoms with van der Waals surface area (Å²) in [4.78, 5) is 12.4. The summed E-state index contributed by atoms with van der Waals surface area (Å²) in [7, 11) is 0. The van der Waals surface area contributed by atoms with Gasteiger partial charge in [0.15, 0.2) is 24.7 Å². The van der Waals surface area contributed by atoms with Crippen molar-refractivity contribution in [1.29, 1.82) is 0 Å². The molecule has 3 rings (SSSR count). The number of aromatic nitrogens is 1. The molecular weight excluding hydrogens is 338 g/mol. The fourth-order valence-corrected chi connectivity index (χ4v) is 2.70. The van der Waals surface area contributed by atoms with Crippen LogP contribution < -0.4 is 4.57 Å². The zero-order valence-corrected chi connectivity index (χ0v) is 13.5. The van der Waals surface area contributed by atoms with Crippen LogP contribution in [0.1, 0.15) is 21.5 Å². The summed E-state index contributed by atoms with van der Waals surface area (Å²) in [6, 6.07) is 21.2. The number of nitrogens with zero attached hydrogens (tertiary/aromatic N) is 1. The molecule has 2 nitrogen and oxygen atoms in total. The van der Waals surface area contributed by atoms with Gasteiger partial charge in [-0.15, -0.1) is 0 Å². The van der Waals surface area contributed by atoms with Crippen molar-refractivity contribution in [2.45, 2.75) is 6.54 Å². The Morgan fingerprint density at radius 2 is 1.41 bits per heavy atom. The maximum absolute atomic E-state index is 12.4. The highest BCUT2D eigenvalue weighted by atomic mass is 79.9. The van der Waals surface area contributed by atoms with Crippen LogP contribution >= 0.6 is 15.9 Å². The molecule has 3 aromatic rings. The molecule has 0 aliphatic carbocycles. The number of rotatable bonds is 4. The average molecular weight is 353 g/mol. The fraction of sp³-hybridized carbons (Fsp3) is 0.0526. The quantitative estimate of drug-likeness (QED) is 0.513. The fourth-order valence-electron chi connectivity index (χ4n) is 2.29. The van der Waals surface area contributed by atoms with Gasteiger partial charge in [0.05, 0.1) is 0 Å². The van der Waals surface area contributed by atoms with Gasteiger partial charge in [-0.05, 0) is 6.07 Å². The molecule has 108 valence electrons. The van der Waals surface area contributed by atoms with Crippen molar-refractivity contribution >= 4 is 21.7 Å². The summed E-state index contributed by atoms with van der Waals surface area (Å²) in [5.41, 5.74) is 2.62. The minimum Gasteiger partial charge on any atom is -0.289 e. The number of halogens is 1. The first-order valence-corrected chi connectivity index (χ1v) is 7.85. The molecule has 0 spiro atoms. The summed E-state index contributed by atoms with van der Waals surface area (Å²) < 4.78 is 3.15. The highest BCUT2D eigenvalue weighted by Crippen LogP contribution is 2.15. The summed E-state index contributed by atoms with van der Waals surface area (Å²) in [6.45, 7) is 0.765. The summed E-state index contributed by atoms with van der Waals surface area (Å²) >= 11 is 3.55. The Bertz CT molecular complexity index is 782. The number of ketones is 1. The highest BCUT2D eigenvalue weighted by molar-refractivity contribution is 9.10. The van der Waals surface area contributed by atoms with Crippen molar-refractivity contribution in [3.05, 3.63) is 100 Å². The lowest BCUT2D eigenvalue weighted by Crippen LogP contribution is -2.33. The second-order valence-electron chi connectivity index (χ2n) is 5.05. The average Bonchev–Trinajstić information content (AvgIpc) is 2.58. The molecule has 0 unspecified atom stereocenters. The van der Waals surface area contributed by atoms with Crippen LogP contribution in [0.5, 0.6) is 0 Å². The number of hydrogen-bond acceptors (Lipinski definition) is 1. The molecule has 22 heavy (non-hydrogen) atoms. The first kappa shape index (κ1) is 14.7. The Morgan fingerprint density at radius 3 is 2.09 bits per heavy atom. The van der Waals surface area contributed by atoms with E-state index in [0.29, 0.717) is 11.1 Å². The molecule has 0 aliphatic rings. The van der Waals surface area contributed by atoms with Crippen LogP contribution in [0.2, 0.25) is 0 Å². The third-order valence-corrected chi connectivity index (χ3v) is 4.27. The van der Waals surface area contributed by atoms with E-state index in [4.69, 9.17) is 0 Å². The van der Waals surface area contributed by atoms with Gasteiger partial charge in [0, 0.05) is 33.3 Å². The summed E-state index contributed by atoms with van der Waals surface area (Å²) in [6.07, 6.45) is 3.88. The van der Waals surface area contributed by atoms with Crippen molar-refractivity contribution < 1.29 is 9.36 Å². The van der Waals surface area contributed by atoms with Crippen LogP contribution in [-0.2, 0) is 6.54 Å². The van der Waals surface area contributed by atoms with Gasteiger partial charge in [0.2, 0.25) is 0 Å². The lowest BCUT2D eigenvalue weighted by Gasteiger charge is -2.02. The predicted octanol–water partition coefficient (Wildman–Crippen LogP) is 4.02. The molecule has 0 atom stereocenters. The largest absolute Gasteiger partial charge is 0.289 e. The molecule has 0 fully saturated rings. The molecule has 1 heterocycles. The van der Waals surface area contributed by atoms with Crippen molar-refractivity contribution in [3.8, 4) is 0 Å². The number of carbonyl (C=O) groups is 1. The maximum atomic E-state index is 12.4. The second kappa shape index (κ2) is 6.67. The molecule has 1 aromatic heterocycles. The van der Waals surface area contributed by atoms with Gasteiger partial charge in [-0.2, -0.15) is 0 Å². The van der Waals surface area contributed by atoms with Crippen molar-refractivity contribution in [3.63, 3.8) is 0 Å². The molecule has 0 bridgehead atoms. The Morgan fingerprint density at radius 1 is 0.818 bits per heavy atom. The Balaban J connectivity index is 1.79. The van der Waals surface area contributed by atoms with Crippen LogP contribution in [0.15, 0.2) is 83.6 Å². The van der Waals surface area contributed by atoms with Crippen LogP contribution in [0, 0.1) is 0 Å². The Labute approximate surface area is 138 Å². The van der Waals surface area contributed by atoms with E-state index in [1.807, 2.05) is 73.1 Å². The van der Waals surface area contributed by atoms with E-state index in [1.54, 1.807) is 0 Å². The monoisotopic (exact) mass is 352 g/mol. The van der Waals surface area contributed by atoms with E-state index in [9.17, 15) is 4.79 Å². The Hall–Kier alpha value is -2.26. The van der Waals surface area contributed by atoms with Gasteiger partial charge < -0.3 is 0 Å². The number of pyridine rings is 1. The minimum absolute atomic E-state index is 0.0497. The first-order chi connectivity index (χ1) is 10.7. The molecule has 0 saturated heterocycles. The van der Waals surface area contributed by atoms with Gasteiger partial charge in [0.25, 0.3) is 0 Å². The molecule has 0 radical (unpaired) electrons. The smallest absolute Gasteiger partial charge is 0.193 e. The topological polar surface area (TPSA) is 20.9 Å². The van der Waals surface area contributed by atoms with E-state index >= 15 is 0 Å². The SMILES string of the molecule is O=C(c1ccccc1)c1cc[n+](Cc2ccccc2Br)cc1. The van der Waals surface area contributed by atoms with Crippen molar-refractivity contribution in [2.24, 2.45) is 0 Å². The van der Waals surface area contributed by atoms with E-state index < -0.39 is 0 Å². The highest BCUT2D eigenvalue weighted by Gasteiger charge is 2.11. The zero-order valence-electron chi connectivity index (χ0n) is 11.9.